The second-order valence-electron chi connectivity index (χ2n) is 3.33. The number of carbonyl (C=O) groups is 1. The molecule has 3 nitrogen and oxygen atoms in total. The van der Waals surface area contributed by atoms with Crippen LogP contribution in [-0.2, 0) is 11.3 Å². The average molecular weight is 328 g/mol. The highest BCUT2D eigenvalue weighted by Gasteiger charge is 2.09. The van der Waals surface area contributed by atoms with Gasteiger partial charge in [-0.05, 0) is 29.0 Å². The predicted molar refractivity (Wildman–Crippen MR) is 74.3 cm³/mol. The van der Waals surface area contributed by atoms with E-state index in [2.05, 4.69) is 21.2 Å². The fourth-order valence-corrected chi connectivity index (χ4v) is 2.68. The van der Waals surface area contributed by atoms with Crippen molar-refractivity contribution in [1.82, 2.24) is 10.2 Å². The van der Waals surface area contributed by atoms with Crippen molar-refractivity contribution >= 4 is 45.6 Å². The third-order valence-corrected chi connectivity index (χ3v) is 3.71. The monoisotopic (exact) mass is 326 g/mol. The number of hydrogen-bond donors (Lipinski definition) is 1. The second kappa shape index (κ2) is 8.06. The van der Waals surface area contributed by atoms with Crippen LogP contribution in [0.15, 0.2) is 15.9 Å². The minimum Gasteiger partial charge on any atom is -0.341 e. The first-order valence-corrected chi connectivity index (χ1v) is 6.42. The van der Waals surface area contributed by atoms with E-state index in [0.29, 0.717) is 13.0 Å². The summed E-state index contributed by atoms with van der Waals surface area (Å²) in [7, 11) is 3.69. The molecular formula is C10H16BrClN2OS. The van der Waals surface area contributed by atoms with E-state index in [-0.39, 0.29) is 18.3 Å². The SMILES string of the molecule is CNCCC(=O)N(C)Cc1cc(Br)cs1.Cl. The Hall–Kier alpha value is -0.100. The zero-order valence-electron chi connectivity index (χ0n) is 9.33. The molecule has 1 aromatic rings. The van der Waals surface area contributed by atoms with Crippen LogP contribution in [-0.4, -0.2) is 31.4 Å². The Labute approximate surface area is 115 Å². The summed E-state index contributed by atoms with van der Waals surface area (Å²) in [5.41, 5.74) is 0. The van der Waals surface area contributed by atoms with Crippen LogP contribution in [0.5, 0.6) is 0 Å². The molecule has 1 heterocycles. The number of halogens is 2. The van der Waals surface area contributed by atoms with Crippen LogP contribution in [0.1, 0.15) is 11.3 Å². The first-order chi connectivity index (χ1) is 7.13. The van der Waals surface area contributed by atoms with Gasteiger partial charge in [0, 0.05) is 34.7 Å². The Morgan fingerprint density at radius 1 is 1.62 bits per heavy atom. The maximum atomic E-state index is 11.6. The van der Waals surface area contributed by atoms with Gasteiger partial charge in [-0.1, -0.05) is 0 Å². The lowest BCUT2D eigenvalue weighted by Gasteiger charge is -2.15. The van der Waals surface area contributed by atoms with Gasteiger partial charge in [0.25, 0.3) is 0 Å². The standard InChI is InChI=1S/C10H15BrN2OS.ClH/c1-12-4-3-10(14)13(2)6-9-5-8(11)7-15-9;/h5,7,12H,3-4,6H2,1-2H3;1H. The summed E-state index contributed by atoms with van der Waals surface area (Å²) in [5.74, 6) is 0.175. The van der Waals surface area contributed by atoms with Gasteiger partial charge in [-0.2, -0.15) is 0 Å². The number of nitrogens with one attached hydrogen (secondary N) is 1. The molecule has 1 rings (SSSR count). The summed E-state index contributed by atoms with van der Waals surface area (Å²) in [6.07, 6.45) is 0.555. The molecule has 0 aliphatic rings. The van der Waals surface area contributed by atoms with E-state index < -0.39 is 0 Å². The van der Waals surface area contributed by atoms with Crippen molar-refractivity contribution in [1.29, 1.82) is 0 Å². The van der Waals surface area contributed by atoms with Crippen LogP contribution in [0.2, 0.25) is 0 Å². The zero-order chi connectivity index (χ0) is 11.3. The maximum Gasteiger partial charge on any atom is 0.223 e. The molecule has 0 aromatic carbocycles. The number of nitrogens with zero attached hydrogens (tertiary/aromatic N) is 1. The Balaban J connectivity index is 0.00000225. The molecule has 0 fully saturated rings. The number of rotatable bonds is 5. The minimum absolute atomic E-state index is 0. The fourth-order valence-electron chi connectivity index (χ4n) is 1.18. The van der Waals surface area contributed by atoms with Crippen LogP contribution in [0.3, 0.4) is 0 Å². The molecule has 0 spiro atoms. The summed E-state index contributed by atoms with van der Waals surface area (Å²) in [6.45, 7) is 1.43. The van der Waals surface area contributed by atoms with E-state index in [1.165, 1.54) is 4.88 Å². The molecule has 0 atom stereocenters. The third kappa shape index (κ3) is 5.30. The van der Waals surface area contributed by atoms with Crippen LogP contribution in [0.25, 0.3) is 0 Å². The molecule has 1 N–H and O–H groups in total. The number of amides is 1. The lowest BCUT2D eigenvalue weighted by Crippen LogP contribution is -2.28. The lowest BCUT2D eigenvalue weighted by molar-refractivity contribution is -0.130. The van der Waals surface area contributed by atoms with Gasteiger partial charge >= 0.3 is 0 Å². The highest BCUT2D eigenvalue weighted by Crippen LogP contribution is 2.20. The van der Waals surface area contributed by atoms with Crippen molar-refractivity contribution in [3.63, 3.8) is 0 Å². The van der Waals surface area contributed by atoms with Crippen molar-refractivity contribution in [3.8, 4) is 0 Å². The second-order valence-corrected chi connectivity index (χ2v) is 5.25. The molecule has 0 bridgehead atoms. The summed E-state index contributed by atoms with van der Waals surface area (Å²) in [6, 6.07) is 2.05. The Bertz CT molecular complexity index is 332. The van der Waals surface area contributed by atoms with Gasteiger partial charge < -0.3 is 10.2 Å². The topological polar surface area (TPSA) is 32.3 Å². The lowest BCUT2D eigenvalue weighted by atomic mass is 10.3. The van der Waals surface area contributed by atoms with Gasteiger partial charge in [0.1, 0.15) is 0 Å². The normalized spacial score (nSPS) is 9.69. The molecule has 1 amide bonds. The van der Waals surface area contributed by atoms with Crippen molar-refractivity contribution in [3.05, 3.63) is 20.8 Å². The molecule has 16 heavy (non-hydrogen) atoms. The van der Waals surface area contributed by atoms with Crippen LogP contribution >= 0.6 is 39.7 Å². The molecular weight excluding hydrogens is 312 g/mol. The van der Waals surface area contributed by atoms with E-state index in [0.717, 1.165) is 11.0 Å². The minimum atomic E-state index is 0. The van der Waals surface area contributed by atoms with E-state index in [1.807, 2.05) is 25.5 Å². The summed E-state index contributed by atoms with van der Waals surface area (Å²) in [5, 5.41) is 5.00. The quantitative estimate of drug-likeness (QED) is 0.901. The molecule has 0 saturated carbocycles. The van der Waals surface area contributed by atoms with Crippen LogP contribution in [0, 0.1) is 0 Å². The van der Waals surface area contributed by atoms with E-state index in [4.69, 9.17) is 0 Å². The molecule has 0 aliphatic carbocycles. The Morgan fingerprint density at radius 2 is 2.31 bits per heavy atom. The smallest absolute Gasteiger partial charge is 0.223 e. The Morgan fingerprint density at radius 3 is 2.81 bits per heavy atom. The predicted octanol–water partition coefficient (Wildman–Crippen LogP) is 2.50. The zero-order valence-corrected chi connectivity index (χ0v) is 12.5. The fraction of sp³-hybridized carbons (Fsp3) is 0.500. The first kappa shape index (κ1) is 15.9. The molecule has 0 aliphatic heterocycles. The molecule has 0 radical (unpaired) electrons. The third-order valence-electron chi connectivity index (χ3n) is 2.03. The van der Waals surface area contributed by atoms with Crippen molar-refractivity contribution in [2.75, 3.05) is 20.6 Å². The molecule has 0 saturated heterocycles. The van der Waals surface area contributed by atoms with Crippen molar-refractivity contribution in [2.45, 2.75) is 13.0 Å². The van der Waals surface area contributed by atoms with E-state index >= 15 is 0 Å². The number of hydrogen-bond acceptors (Lipinski definition) is 3. The average Bonchev–Trinajstić information content (AvgIpc) is 2.60. The van der Waals surface area contributed by atoms with Gasteiger partial charge in [0.2, 0.25) is 5.91 Å². The first-order valence-electron chi connectivity index (χ1n) is 4.75. The molecule has 6 heteroatoms. The van der Waals surface area contributed by atoms with Gasteiger partial charge in [-0.3, -0.25) is 4.79 Å². The number of carbonyl (C=O) groups excluding carboxylic acids is 1. The van der Waals surface area contributed by atoms with Crippen molar-refractivity contribution < 1.29 is 4.79 Å². The van der Waals surface area contributed by atoms with Gasteiger partial charge in [-0.25, -0.2) is 0 Å². The molecule has 92 valence electrons. The van der Waals surface area contributed by atoms with Crippen molar-refractivity contribution in [2.24, 2.45) is 0 Å². The van der Waals surface area contributed by atoms with E-state index in [1.54, 1.807) is 16.2 Å². The summed E-state index contributed by atoms with van der Waals surface area (Å²) in [4.78, 5) is 14.5. The van der Waals surface area contributed by atoms with Gasteiger partial charge in [0.15, 0.2) is 0 Å². The van der Waals surface area contributed by atoms with Crippen LogP contribution < -0.4 is 5.32 Å². The summed E-state index contributed by atoms with van der Waals surface area (Å²) < 4.78 is 1.08. The molecule has 0 unspecified atom stereocenters. The highest BCUT2D eigenvalue weighted by molar-refractivity contribution is 9.10. The maximum absolute atomic E-state index is 11.6. The largest absolute Gasteiger partial charge is 0.341 e. The molecule has 1 aromatic heterocycles. The Kier molecular flexibility index (Phi) is 8.01. The van der Waals surface area contributed by atoms with Gasteiger partial charge in [-0.15, -0.1) is 23.7 Å². The van der Waals surface area contributed by atoms with E-state index in [9.17, 15) is 4.79 Å². The highest BCUT2D eigenvalue weighted by atomic mass is 79.9. The summed E-state index contributed by atoms with van der Waals surface area (Å²) >= 11 is 5.06. The number of thiophene rings is 1. The van der Waals surface area contributed by atoms with Crippen LogP contribution in [0.4, 0.5) is 0 Å². The van der Waals surface area contributed by atoms with Gasteiger partial charge in [0.05, 0.1) is 6.54 Å².